The molecule has 1 unspecified atom stereocenters. The molecule has 0 fully saturated rings. The number of rotatable bonds is 1. The van der Waals surface area contributed by atoms with Crippen molar-refractivity contribution in [3.8, 4) is 0 Å². The van der Waals surface area contributed by atoms with Gasteiger partial charge < -0.3 is 4.90 Å². The molecular formula is C16H16N2. The predicted molar refractivity (Wildman–Crippen MR) is 75.1 cm³/mol. The third-order valence-electron chi connectivity index (χ3n) is 3.36. The van der Waals surface area contributed by atoms with Crippen LogP contribution in [0.5, 0.6) is 0 Å². The molecule has 2 nitrogen and oxygen atoms in total. The SMILES string of the molecule is Cc1ccnc(N2C=CC(C)c3ccccc32)c1. The van der Waals surface area contributed by atoms with Crippen molar-refractivity contribution in [3.05, 3.63) is 66.0 Å². The summed E-state index contributed by atoms with van der Waals surface area (Å²) in [4.78, 5) is 6.62. The summed E-state index contributed by atoms with van der Waals surface area (Å²) in [5.74, 6) is 1.44. The Kier molecular flexibility index (Phi) is 2.63. The van der Waals surface area contributed by atoms with Gasteiger partial charge in [0.05, 0.1) is 5.69 Å². The van der Waals surface area contributed by atoms with Crippen LogP contribution in [0.1, 0.15) is 24.0 Å². The average molecular weight is 236 g/mol. The van der Waals surface area contributed by atoms with E-state index in [2.05, 4.69) is 66.3 Å². The Morgan fingerprint density at radius 2 is 2.00 bits per heavy atom. The summed E-state index contributed by atoms with van der Waals surface area (Å²) in [7, 11) is 0. The Morgan fingerprint density at radius 1 is 1.17 bits per heavy atom. The Labute approximate surface area is 108 Å². The van der Waals surface area contributed by atoms with Crippen LogP contribution in [0.2, 0.25) is 0 Å². The van der Waals surface area contributed by atoms with Crippen molar-refractivity contribution < 1.29 is 0 Å². The van der Waals surface area contributed by atoms with Crippen LogP contribution in [0.15, 0.2) is 54.9 Å². The van der Waals surface area contributed by atoms with E-state index >= 15 is 0 Å². The van der Waals surface area contributed by atoms with Crippen LogP contribution in [-0.2, 0) is 0 Å². The van der Waals surface area contributed by atoms with Gasteiger partial charge in [0.15, 0.2) is 0 Å². The summed E-state index contributed by atoms with van der Waals surface area (Å²) in [6.45, 7) is 4.31. The van der Waals surface area contributed by atoms with Gasteiger partial charge in [-0.05, 0) is 36.2 Å². The van der Waals surface area contributed by atoms with Gasteiger partial charge in [-0.25, -0.2) is 4.98 Å². The largest absolute Gasteiger partial charge is 0.302 e. The number of para-hydroxylation sites is 1. The molecule has 18 heavy (non-hydrogen) atoms. The maximum atomic E-state index is 4.46. The highest BCUT2D eigenvalue weighted by atomic mass is 15.2. The van der Waals surface area contributed by atoms with Crippen molar-refractivity contribution in [2.45, 2.75) is 19.8 Å². The van der Waals surface area contributed by atoms with E-state index in [9.17, 15) is 0 Å². The van der Waals surface area contributed by atoms with Crippen molar-refractivity contribution in [1.82, 2.24) is 4.98 Å². The smallest absolute Gasteiger partial charge is 0.137 e. The first-order chi connectivity index (χ1) is 8.75. The van der Waals surface area contributed by atoms with E-state index in [4.69, 9.17) is 0 Å². The fourth-order valence-electron chi connectivity index (χ4n) is 2.34. The van der Waals surface area contributed by atoms with Gasteiger partial charge in [-0.2, -0.15) is 0 Å². The van der Waals surface area contributed by atoms with Crippen LogP contribution in [-0.4, -0.2) is 4.98 Å². The van der Waals surface area contributed by atoms with Gasteiger partial charge in [-0.1, -0.05) is 31.2 Å². The number of allylic oxidation sites excluding steroid dienone is 1. The van der Waals surface area contributed by atoms with Crippen molar-refractivity contribution in [2.75, 3.05) is 4.90 Å². The molecular weight excluding hydrogens is 220 g/mol. The fourth-order valence-corrected chi connectivity index (χ4v) is 2.34. The minimum atomic E-state index is 0.460. The lowest BCUT2D eigenvalue weighted by Gasteiger charge is -2.28. The number of benzene rings is 1. The molecule has 1 aliphatic rings. The molecule has 1 atom stereocenters. The Morgan fingerprint density at radius 3 is 2.83 bits per heavy atom. The second-order valence-electron chi connectivity index (χ2n) is 4.75. The molecule has 90 valence electrons. The van der Waals surface area contributed by atoms with Gasteiger partial charge in [0.1, 0.15) is 5.82 Å². The maximum Gasteiger partial charge on any atom is 0.137 e. The third kappa shape index (κ3) is 1.80. The van der Waals surface area contributed by atoms with Crippen molar-refractivity contribution >= 4 is 11.5 Å². The van der Waals surface area contributed by atoms with Crippen molar-refractivity contribution in [2.24, 2.45) is 0 Å². The summed E-state index contributed by atoms with van der Waals surface area (Å²) in [5.41, 5.74) is 3.80. The summed E-state index contributed by atoms with van der Waals surface area (Å²) >= 11 is 0. The van der Waals surface area contributed by atoms with Gasteiger partial charge in [0.2, 0.25) is 0 Å². The minimum Gasteiger partial charge on any atom is -0.302 e. The normalized spacial score (nSPS) is 17.7. The van der Waals surface area contributed by atoms with Gasteiger partial charge >= 0.3 is 0 Å². The second-order valence-corrected chi connectivity index (χ2v) is 4.75. The van der Waals surface area contributed by atoms with E-state index in [1.165, 1.54) is 16.8 Å². The number of aromatic nitrogens is 1. The first kappa shape index (κ1) is 11.0. The molecule has 1 aromatic heterocycles. The Hall–Kier alpha value is -2.09. The minimum absolute atomic E-state index is 0.460. The predicted octanol–water partition coefficient (Wildman–Crippen LogP) is 4.16. The number of aryl methyl sites for hydroxylation is 1. The van der Waals surface area contributed by atoms with Gasteiger partial charge in [-0.3, -0.25) is 0 Å². The lowest BCUT2D eigenvalue weighted by atomic mass is 9.96. The number of hydrogen-bond donors (Lipinski definition) is 0. The molecule has 0 amide bonds. The second kappa shape index (κ2) is 4.30. The van der Waals surface area contributed by atoms with E-state index in [0.29, 0.717) is 5.92 Å². The standard InChI is InChI=1S/C16H16N2/c1-12-7-9-17-16(11-12)18-10-8-13(2)14-5-3-4-6-15(14)18/h3-11,13H,1-2H3. The maximum absolute atomic E-state index is 4.46. The summed E-state index contributed by atoms with van der Waals surface area (Å²) in [5, 5.41) is 0. The molecule has 0 spiro atoms. The van der Waals surface area contributed by atoms with Crippen molar-refractivity contribution in [1.29, 1.82) is 0 Å². The molecule has 3 rings (SSSR count). The monoisotopic (exact) mass is 236 g/mol. The summed E-state index contributed by atoms with van der Waals surface area (Å²) in [6.07, 6.45) is 6.19. The third-order valence-corrected chi connectivity index (χ3v) is 3.36. The number of hydrogen-bond acceptors (Lipinski definition) is 2. The zero-order valence-corrected chi connectivity index (χ0v) is 10.7. The molecule has 0 bridgehead atoms. The first-order valence-corrected chi connectivity index (χ1v) is 6.25. The van der Waals surface area contributed by atoms with E-state index in [-0.39, 0.29) is 0 Å². The van der Waals surface area contributed by atoms with Crippen LogP contribution < -0.4 is 4.90 Å². The zero-order valence-electron chi connectivity index (χ0n) is 10.7. The van der Waals surface area contributed by atoms with E-state index in [1.54, 1.807) is 0 Å². The Bertz CT molecular complexity index is 602. The highest BCUT2D eigenvalue weighted by molar-refractivity contribution is 5.69. The number of pyridine rings is 1. The first-order valence-electron chi connectivity index (χ1n) is 6.25. The number of fused-ring (bicyclic) bond motifs is 1. The highest BCUT2D eigenvalue weighted by Gasteiger charge is 2.18. The zero-order chi connectivity index (χ0) is 12.5. The van der Waals surface area contributed by atoms with E-state index in [0.717, 1.165) is 5.82 Å². The van der Waals surface area contributed by atoms with Gasteiger partial charge in [-0.15, -0.1) is 0 Å². The topological polar surface area (TPSA) is 16.1 Å². The van der Waals surface area contributed by atoms with Crippen LogP contribution in [0.3, 0.4) is 0 Å². The molecule has 1 aliphatic heterocycles. The van der Waals surface area contributed by atoms with Gasteiger partial charge in [0.25, 0.3) is 0 Å². The van der Waals surface area contributed by atoms with E-state index < -0.39 is 0 Å². The van der Waals surface area contributed by atoms with Crippen LogP contribution in [0, 0.1) is 6.92 Å². The molecule has 2 heteroatoms. The fraction of sp³-hybridized carbons (Fsp3) is 0.188. The summed E-state index contributed by atoms with van der Waals surface area (Å²) in [6, 6.07) is 12.6. The quantitative estimate of drug-likeness (QED) is 0.739. The van der Waals surface area contributed by atoms with Crippen LogP contribution >= 0.6 is 0 Å². The molecule has 0 radical (unpaired) electrons. The van der Waals surface area contributed by atoms with Gasteiger partial charge in [0, 0.05) is 18.3 Å². The molecule has 0 saturated carbocycles. The van der Waals surface area contributed by atoms with E-state index in [1.807, 2.05) is 12.3 Å². The van der Waals surface area contributed by atoms with Crippen LogP contribution in [0.4, 0.5) is 11.5 Å². The molecule has 0 saturated heterocycles. The lowest BCUT2D eigenvalue weighted by Crippen LogP contribution is -2.16. The molecule has 0 N–H and O–H groups in total. The number of anilines is 2. The Balaban J connectivity index is 2.11. The average Bonchev–Trinajstić information content (AvgIpc) is 2.39. The highest BCUT2D eigenvalue weighted by Crippen LogP contribution is 2.36. The lowest BCUT2D eigenvalue weighted by molar-refractivity contribution is 0.926. The molecule has 2 heterocycles. The van der Waals surface area contributed by atoms with Crippen molar-refractivity contribution in [3.63, 3.8) is 0 Å². The molecule has 2 aromatic rings. The van der Waals surface area contributed by atoms with Crippen LogP contribution in [0.25, 0.3) is 0 Å². The number of nitrogens with zero attached hydrogens (tertiary/aromatic N) is 2. The molecule has 0 aliphatic carbocycles. The summed E-state index contributed by atoms with van der Waals surface area (Å²) < 4.78 is 0. The molecule has 1 aromatic carbocycles.